The molecule has 0 aliphatic heterocycles. The molecule has 4 nitrogen and oxygen atoms in total. The van der Waals surface area contributed by atoms with Crippen molar-refractivity contribution in [3.63, 3.8) is 0 Å². The first-order chi connectivity index (χ1) is 5.97. The molecule has 0 amide bonds. The number of pyridine rings is 1. The molecule has 0 aromatic carbocycles. The normalized spacial score (nSPS) is 11.5. The van der Waals surface area contributed by atoms with Gasteiger partial charge in [-0.25, -0.2) is 0 Å². The van der Waals surface area contributed by atoms with E-state index in [1.807, 2.05) is 0 Å². The smallest absolute Gasteiger partial charge is 0.264 e. The summed E-state index contributed by atoms with van der Waals surface area (Å²) in [7, 11) is -3.41. The fraction of sp³-hybridized carbons (Fsp3) is 0.286. The van der Waals surface area contributed by atoms with E-state index in [1.165, 1.54) is 6.20 Å². The highest BCUT2D eigenvalue weighted by atomic mass is 35.5. The Hall–Kier alpha value is -0.650. The Kier molecular flexibility index (Phi) is 3.24. The minimum Gasteiger partial charge on any atom is -0.264 e. The molecule has 0 fully saturated rings. The van der Waals surface area contributed by atoms with Crippen LogP contribution in [0.1, 0.15) is 5.69 Å². The molecule has 1 rings (SSSR count). The monoisotopic (exact) mass is 221 g/mol. The average Bonchev–Trinajstić information content (AvgIpc) is 2.02. The van der Waals surface area contributed by atoms with Crippen molar-refractivity contribution in [3.8, 4) is 0 Å². The van der Waals surface area contributed by atoms with Crippen LogP contribution >= 0.6 is 11.6 Å². The van der Waals surface area contributed by atoms with Crippen LogP contribution in [0.25, 0.3) is 0 Å². The summed E-state index contributed by atoms with van der Waals surface area (Å²) in [5, 5.41) is 0.503. The highest BCUT2D eigenvalue weighted by molar-refractivity contribution is 7.85. The van der Waals surface area contributed by atoms with Crippen molar-refractivity contribution in [2.75, 3.05) is 6.26 Å². The molecule has 0 aliphatic rings. The Morgan fingerprint density at radius 2 is 2.23 bits per heavy atom. The largest absolute Gasteiger partial charge is 0.264 e. The van der Waals surface area contributed by atoms with Gasteiger partial charge in [-0.1, -0.05) is 11.6 Å². The lowest BCUT2D eigenvalue weighted by atomic mass is 10.4. The summed E-state index contributed by atoms with van der Waals surface area (Å²) in [4.78, 5) is 3.86. The predicted molar refractivity (Wildman–Crippen MR) is 48.9 cm³/mol. The van der Waals surface area contributed by atoms with Crippen LogP contribution in [0.2, 0.25) is 5.02 Å². The number of hydrogen-bond acceptors (Lipinski definition) is 4. The third-order valence-electron chi connectivity index (χ3n) is 1.21. The summed E-state index contributed by atoms with van der Waals surface area (Å²) in [6, 6.07) is 3.23. The van der Waals surface area contributed by atoms with Crippen LogP contribution < -0.4 is 0 Å². The lowest BCUT2D eigenvalue weighted by Gasteiger charge is -1.99. The summed E-state index contributed by atoms with van der Waals surface area (Å²) in [6.45, 7) is -0.0595. The number of hydrogen-bond donors (Lipinski definition) is 0. The van der Waals surface area contributed by atoms with Crippen molar-refractivity contribution in [1.29, 1.82) is 0 Å². The van der Waals surface area contributed by atoms with E-state index >= 15 is 0 Å². The van der Waals surface area contributed by atoms with Gasteiger partial charge in [-0.2, -0.15) is 8.42 Å². The number of nitrogens with zero attached hydrogens (tertiary/aromatic N) is 1. The van der Waals surface area contributed by atoms with E-state index in [9.17, 15) is 8.42 Å². The van der Waals surface area contributed by atoms with Gasteiger partial charge in [-0.05, 0) is 12.1 Å². The maximum atomic E-state index is 10.6. The Balaban J connectivity index is 2.61. The molecule has 6 heteroatoms. The van der Waals surface area contributed by atoms with Crippen molar-refractivity contribution in [1.82, 2.24) is 4.98 Å². The topological polar surface area (TPSA) is 56.3 Å². The number of halogens is 1. The summed E-state index contributed by atoms with van der Waals surface area (Å²) in [5.74, 6) is 0. The van der Waals surface area contributed by atoms with E-state index in [1.54, 1.807) is 12.1 Å². The zero-order valence-corrected chi connectivity index (χ0v) is 8.47. The summed E-state index contributed by atoms with van der Waals surface area (Å²) >= 11 is 5.58. The van der Waals surface area contributed by atoms with E-state index in [2.05, 4.69) is 9.17 Å². The Bertz CT molecular complexity index is 373. The zero-order valence-electron chi connectivity index (χ0n) is 6.90. The number of rotatable bonds is 3. The molecular formula is C7H8ClNO3S. The average molecular weight is 222 g/mol. The van der Waals surface area contributed by atoms with E-state index in [0.29, 0.717) is 10.7 Å². The van der Waals surface area contributed by atoms with Gasteiger partial charge in [0.2, 0.25) is 0 Å². The summed E-state index contributed by atoms with van der Waals surface area (Å²) in [6.07, 6.45) is 2.42. The lowest BCUT2D eigenvalue weighted by Crippen LogP contribution is -2.03. The predicted octanol–water partition coefficient (Wildman–Crippen LogP) is 1.21. The van der Waals surface area contributed by atoms with Gasteiger partial charge in [-0.15, -0.1) is 0 Å². The quantitative estimate of drug-likeness (QED) is 0.720. The molecule has 13 heavy (non-hydrogen) atoms. The Labute approximate surface area is 81.6 Å². The van der Waals surface area contributed by atoms with E-state index in [0.717, 1.165) is 6.26 Å². The molecule has 72 valence electrons. The van der Waals surface area contributed by atoms with E-state index < -0.39 is 10.1 Å². The minimum absolute atomic E-state index is 0.0595. The van der Waals surface area contributed by atoms with Crippen molar-refractivity contribution in [3.05, 3.63) is 29.0 Å². The highest BCUT2D eigenvalue weighted by Crippen LogP contribution is 2.07. The maximum absolute atomic E-state index is 10.6. The molecule has 0 saturated heterocycles. The van der Waals surface area contributed by atoms with Gasteiger partial charge in [-0.3, -0.25) is 9.17 Å². The van der Waals surface area contributed by atoms with E-state index in [4.69, 9.17) is 11.6 Å². The second-order valence-corrected chi connectivity index (χ2v) is 4.51. The first-order valence-corrected chi connectivity index (χ1v) is 5.62. The molecule has 0 aliphatic carbocycles. The van der Waals surface area contributed by atoms with Crippen LogP contribution in [0.4, 0.5) is 0 Å². The molecule has 0 N–H and O–H groups in total. The first-order valence-electron chi connectivity index (χ1n) is 3.42. The second kappa shape index (κ2) is 4.04. The number of aromatic nitrogens is 1. The van der Waals surface area contributed by atoms with Crippen LogP contribution in [-0.2, 0) is 20.9 Å². The van der Waals surface area contributed by atoms with Crippen LogP contribution in [0.3, 0.4) is 0 Å². The molecule has 0 saturated carbocycles. The maximum Gasteiger partial charge on any atom is 0.264 e. The Morgan fingerprint density at radius 3 is 2.69 bits per heavy atom. The molecule has 0 radical (unpaired) electrons. The van der Waals surface area contributed by atoms with Gasteiger partial charge >= 0.3 is 0 Å². The molecular weight excluding hydrogens is 214 g/mol. The van der Waals surface area contributed by atoms with Crippen LogP contribution in [0.15, 0.2) is 18.3 Å². The zero-order chi connectivity index (χ0) is 9.90. The molecule has 0 unspecified atom stereocenters. The highest BCUT2D eigenvalue weighted by Gasteiger charge is 2.02. The van der Waals surface area contributed by atoms with Crippen molar-refractivity contribution in [2.24, 2.45) is 0 Å². The molecule has 1 aromatic rings. The third kappa shape index (κ3) is 4.21. The van der Waals surface area contributed by atoms with Gasteiger partial charge in [0.15, 0.2) is 0 Å². The molecule has 1 aromatic heterocycles. The summed E-state index contributed by atoms with van der Waals surface area (Å²) < 4.78 is 25.7. The summed E-state index contributed by atoms with van der Waals surface area (Å²) in [5.41, 5.74) is 0.523. The Morgan fingerprint density at radius 1 is 1.54 bits per heavy atom. The standard InChI is InChI=1S/C7H8ClNO3S/c1-13(10,11)12-5-7-3-2-6(8)4-9-7/h2-4H,5H2,1H3. The minimum atomic E-state index is -3.41. The van der Waals surface area contributed by atoms with E-state index in [-0.39, 0.29) is 6.61 Å². The second-order valence-electron chi connectivity index (χ2n) is 2.43. The van der Waals surface area contributed by atoms with Crippen molar-refractivity contribution in [2.45, 2.75) is 6.61 Å². The molecule has 0 atom stereocenters. The fourth-order valence-electron chi connectivity index (χ4n) is 0.659. The molecule has 1 heterocycles. The fourth-order valence-corrected chi connectivity index (χ4v) is 1.11. The van der Waals surface area contributed by atoms with Gasteiger partial charge in [0.25, 0.3) is 10.1 Å². The lowest BCUT2D eigenvalue weighted by molar-refractivity contribution is 0.307. The third-order valence-corrected chi connectivity index (χ3v) is 1.98. The molecule has 0 spiro atoms. The van der Waals surface area contributed by atoms with Crippen LogP contribution in [-0.4, -0.2) is 19.7 Å². The van der Waals surface area contributed by atoms with Gasteiger partial charge in [0, 0.05) is 6.20 Å². The van der Waals surface area contributed by atoms with Crippen LogP contribution in [0, 0.1) is 0 Å². The van der Waals surface area contributed by atoms with Crippen LogP contribution in [0.5, 0.6) is 0 Å². The van der Waals surface area contributed by atoms with Gasteiger partial charge < -0.3 is 0 Å². The van der Waals surface area contributed by atoms with Crippen molar-refractivity contribution >= 4 is 21.7 Å². The first kappa shape index (κ1) is 10.4. The van der Waals surface area contributed by atoms with Gasteiger partial charge in [0.1, 0.15) is 6.61 Å². The van der Waals surface area contributed by atoms with Crippen molar-refractivity contribution < 1.29 is 12.6 Å². The van der Waals surface area contributed by atoms with Gasteiger partial charge in [0.05, 0.1) is 17.0 Å². The SMILES string of the molecule is CS(=O)(=O)OCc1ccc(Cl)cn1. The molecule has 0 bridgehead atoms.